The average molecular weight is 196 g/mol. The summed E-state index contributed by atoms with van der Waals surface area (Å²) in [5.41, 5.74) is 0. The van der Waals surface area contributed by atoms with Crippen LogP contribution in [-0.2, 0) is 6.54 Å². The Kier molecular flexibility index (Phi) is 4.56. The molecule has 0 aliphatic rings. The van der Waals surface area contributed by atoms with E-state index >= 15 is 0 Å². The minimum absolute atomic E-state index is 0.413. The van der Waals surface area contributed by atoms with Crippen LogP contribution in [0.3, 0.4) is 0 Å². The Morgan fingerprint density at radius 2 is 2.00 bits per heavy atom. The van der Waals surface area contributed by atoms with Crippen molar-refractivity contribution in [3.63, 3.8) is 0 Å². The van der Waals surface area contributed by atoms with Gasteiger partial charge >= 0.3 is 0 Å². The number of tetrazole rings is 1. The van der Waals surface area contributed by atoms with Crippen LogP contribution in [0.5, 0.6) is 0 Å². The van der Waals surface area contributed by atoms with Crippen molar-refractivity contribution in [1.82, 2.24) is 20.2 Å². The normalized spacial score (nSPS) is 11.1. The third-order valence-corrected chi connectivity index (χ3v) is 2.30. The highest BCUT2D eigenvalue weighted by Gasteiger charge is 2.08. The molecule has 1 aromatic heterocycles. The van der Waals surface area contributed by atoms with Crippen molar-refractivity contribution in [2.45, 2.75) is 58.9 Å². The summed E-state index contributed by atoms with van der Waals surface area (Å²) in [6, 6.07) is 0. The summed E-state index contributed by atoms with van der Waals surface area (Å²) in [5.74, 6) is 1.41. The quantitative estimate of drug-likeness (QED) is 0.656. The molecule has 14 heavy (non-hydrogen) atoms. The first kappa shape index (κ1) is 11.1. The molecule has 0 fully saturated rings. The molecule has 0 atom stereocenters. The van der Waals surface area contributed by atoms with E-state index in [0.29, 0.717) is 5.92 Å². The predicted molar refractivity (Wildman–Crippen MR) is 56.0 cm³/mol. The van der Waals surface area contributed by atoms with Gasteiger partial charge in [0.2, 0.25) is 0 Å². The van der Waals surface area contributed by atoms with Crippen LogP contribution in [-0.4, -0.2) is 20.2 Å². The average Bonchev–Trinajstić information content (AvgIpc) is 2.60. The molecule has 1 rings (SSSR count). The van der Waals surface area contributed by atoms with E-state index in [-0.39, 0.29) is 0 Å². The summed E-state index contributed by atoms with van der Waals surface area (Å²) in [6.07, 6.45) is 5.03. The molecule has 0 aromatic carbocycles. The fourth-order valence-electron chi connectivity index (χ4n) is 1.47. The zero-order valence-electron chi connectivity index (χ0n) is 9.40. The zero-order valence-corrected chi connectivity index (χ0v) is 9.40. The van der Waals surface area contributed by atoms with Gasteiger partial charge in [0.05, 0.1) is 0 Å². The Morgan fingerprint density at radius 1 is 1.21 bits per heavy atom. The van der Waals surface area contributed by atoms with Gasteiger partial charge in [-0.3, -0.25) is 0 Å². The number of rotatable bonds is 6. The zero-order chi connectivity index (χ0) is 10.4. The first-order valence-electron chi connectivity index (χ1n) is 5.51. The van der Waals surface area contributed by atoms with Crippen LogP contribution < -0.4 is 0 Å². The molecule has 0 bridgehead atoms. The molecule has 0 radical (unpaired) electrons. The second-order valence-electron chi connectivity index (χ2n) is 3.98. The summed E-state index contributed by atoms with van der Waals surface area (Å²) in [4.78, 5) is 0. The van der Waals surface area contributed by atoms with E-state index in [9.17, 15) is 0 Å². The van der Waals surface area contributed by atoms with Crippen molar-refractivity contribution < 1.29 is 0 Å². The van der Waals surface area contributed by atoms with Gasteiger partial charge in [-0.05, 0) is 16.8 Å². The molecule has 1 aromatic rings. The molecular formula is C10H20N4. The summed E-state index contributed by atoms with van der Waals surface area (Å²) in [7, 11) is 0. The minimum atomic E-state index is 0.413. The first-order chi connectivity index (χ1) is 6.75. The molecule has 0 N–H and O–H groups in total. The van der Waals surface area contributed by atoms with E-state index in [1.165, 1.54) is 25.7 Å². The van der Waals surface area contributed by atoms with Crippen molar-refractivity contribution >= 4 is 0 Å². The third kappa shape index (κ3) is 3.09. The Hall–Kier alpha value is -0.930. The highest BCUT2D eigenvalue weighted by molar-refractivity contribution is 4.87. The van der Waals surface area contributed by atoms with Crippen molar-refractivity contribution in [1.29, 1.82) is 0 Å². The Morgan fingerprint density at radius 3 is 2.64 bits per heavy atom. The molecule has 0 spiro atoms. The molecule has 4 nitrogen and oxygen atoms in total. The summed E-state index contributed by atoms with van der Waals surface area (Å²) in [5, 5.41) is 11.7. The topological polar surface area (TPSA) is 43.6 Å². The predicted octanol–water partition coefficient (Wildman–Crippen LogP) is 2.38. The minimum Gasteiger partial charge on any atom is -0.229 e. The molecular weight excluding hydrogens is 176 g/mol. The van der Waals surface area contributed by atoms with Crippen LogP contribution in [0.1, 0.15) is 58.2 Å². The maximum Gasteiger partial charge on any atom is 0.153 e. The van der Waals surface area contributed by atoms with Crippen LogP contribution in [0.4, 0.5) is 0 Å². The van der Waals surface area contributed by atoms with E-state index in [1.807, 2.05) is 4.68 Å². The van der Waals surface area contributed by atoms with E-state index in [0.717, 1.165) is 12.4 Å². The molecule has 0 aliphatic heterocycles. The molecule has 80 valence electrons. The van der Waals surface area contributed by atoms with Crippen LogP contribution in [0.25, 0.3) is 0 Å². The highest BCUT2D eigenvalue weighted by atomic mass is 15.5. The fraction of sp³-hybridized carbons (Fsp3) is 0.900. The number of aryl methyl sites for hydroxylation is 1. The monoisotopic (exact) mass is 196 g/mol. The lowest BCUT2D eigenvalue weighted by atomic mass is 10.2. The van der Waals surface area contributed by atoms with Crippen molar-refractivity contribution in [2.24, 2.45) is 0 Å². The van der Waals surface area contributed by atoms with Crippen molar-refractivity contribution in [2.75, 3.05) is 0 Å². The van der Waals surface area contributed by atoms with E-state index in [4.69, 9.17) is 0 Å². The van der Waals surface area contributed by atoms with Gasteiger partial charge in [-0.2, -0.15) is 0 Å². The van der Waals surface area contributed by atoms with Gasteiger partial charge < -0.3 is 0 Å². The molecule has 0 unspecified atom stereocenters. The van der Waals surface area contributed by atoms with Gasteiger partial charge in [0.25, 0.3) is 0 Å². The highest BCUT2D eigenvalue weighted by Crippen LogP contribution is 2.10. The van der Waals surface area contributed by atoms with Gasteiger partial charge in [0.1, 0.15) is 0 Å². The van der Waals surface area contributed by atoms with E-state index in [2.05, 4.69) is 36.3 Å². The maximum absolute atomic E-state index is 4.02. The standard InChI is InChI=1S/C10H20N4/c1-4-5-6-7-8-14-10(9(2)3)11-12-13-14/h9H,4-8H2,1-3H3. The van der Waals surface area contributed by atoms with Crippen LogP contribution >= 0.6 is 0 Å². The number of nitrogens with zero attached hydrogens (tertiary/aromatic N) is 4. The number of hydrogen-bond donors (Lipinski definition) is 0. The molecule has 0 saturated heterocycles. The largest absolute Gasteiger partial charge is 0.229 e. The molecule has 4 heteroatoms. The second-order valence-corrected chi connectivity index (χ2v) is 3.98. The Balaban J connectivity index is 2.38. The van der Waals surface area contributed by atoms with E-state index in [1.54, 1.807) is 0 Å². The summed E-state index contributed by atoms with van der Waals surface area (Å²) in [6.45, 7) is 7.42. The van der Waals surface area contributed by atoms with Gasteiger partial charge in [-0.25, -0.2) is 4.68 Å². The lowest BCUT2D eigenvalue weighted by molar-refractivity contribution is 0.502. The van der Waals surface area contributed by atoms with Gasteiger partial charge in [-0.15, -0.1) is 5.10 Å². The lowest BCUT2D eigenvalue weighted by Crippen LogP contribution is -2.07. The first-order valence-corrected chi connectivity index (χ1v) is 5.51. The SMILES string of the molecule is CCCCCCn1nnnc1C(C)C. The number of unbranched alkanes of at least 4 members (excludes halogenated alkanes) is 3. The maximum atomic E-state index is 4.02. The van der Waals surface area contributed by atoms with Crippen molar-refractivity contribution in [3.05, 3.63) is 5.82 Å². The Bertz CT molecular complexity index is 254. The third-order valence-electron chi connectivity index (χ3n) is 2.30. The van der Waals surface area contributed by atoms with E-state index < -0.39 is 0 Å². The summed E-state index contributed by atoms with van der Waals surface area (Å²) < 4.78 is 1.93. The molecule has 1 heterocycles. The molecule has 0 amide bonds. The molecule has 0 saturated carbocycles. The Labute approximate surface area is 85.7 Å². The van der Waals surface area contributed by atoms with Gasteiger partial charge in [-0.1, -0.05) is 40.0 Å². The smallest absolute Gasteiger partial charge is 0.153 e. The number of hydrogen-bond acceptors (Lipinski definition) is 3. The van der Waals surface area contributed by atoms with Gasteiger partial charge in [0.15, 0.2) is 5.82 Å². The number of aromatic nitrogens is 4. The molecule has 0 aliphatic carbocycles. The fourth-order valence-corrected chi connectivity index (χ4v) is 1.47. The lowest BCUT2D eigenvalue weighted by Gasteiger charge is -2.05. The van der Waals surface area contributed by atoms with Gasteiger partial charge in [0, 0.05) is 12.5 Å². The van der Waals surface area contributed by atoms with Crippen LogP contribution in [0.2, 0.25) is 0 Å². The van der Waals surface area contributed by atoms with Crippen molar-refractivity contribution in [3.8, 4) is 0 Å². The van der Waals surface area contributed by atoms with Crippen LogP contribution in [0, 0.1) is 0 Å². The van der Waals surface area contributed by atoms with Crippen LogP contribution in [0.15, 0.2) is 0 Å². The second kappa shape index (κ2) is 5.73. The summed E-state index contributed by atoms with van der Waals surface area (Å²) >= 11 is 0.